The lowest BCUT2D eigenvalue weighted by Crippen LogP contribution is -2.23. The Bertz CT molecular complexity index is 604. The van der Waals surface area contributed by atoms with Crippen molar-refractivity contribution in [1.82, 2.24) is 9.97 Å². The molecule has 1 aromatic carbocycles. The molecule has 3 nitrogen and oxygen atoms in total. The van der Waals surface area contributed by atoms with Gasteiger partial charge in [0.15, 0.2) is 5.82 Å². The Balaban J connectivity index is 1.83. The summed E-state index contributed by atoms with van der Waals surface area (Å²) >= 11 is 3.46. The molecular weight excluding hydrogens is 326 g/mol. The summed E-state index contributed by atoms with van der Waals surface area (Å²) in [5.41, 5.74) is 2.05. The van der Waals surface area contributed by atoms with Gasteiger partial charge in [-0.1, -0.05) is 47.3 Å². The summed E-state index contributed by atoms with van der Waals surface area (Å²) in [5.74, 6) is 1.74. The van der Waals surface area contributed by atoms with Crippen LogP contribution in [0, 0.1) is 6.92 Å². The summed E-state index contributed by atoms with van der Waals surface area (Å²) in [6.45, 7) is 2.02. The number of benzene rings is 1. The summed E-state index contributed by atoms with van der Waals surface area (Å²) in [6, 6.07) is 10.7. The Morgan fingerprint density at radius 2 is 1.76 bits per heavy atom. The Morgan fingerprint density at radius 3 is 2.48 bits per heavy atom. The van der Waals surface area contributed by atoms with Crippen molar-refractivity contribution in [2.45, 2.75) is 45.1 Å². The van der Waals surface area contributed by atoms with Gasteiger partial charge in [-0.25, -0.2) is 9.97 Å². The first-order valence-corrected chi connectivity index (χ1v) is 8.38. The predicted octanol–water partition coefficient (Wildman–Crippen LogP) is 4.96. The molecule has 1 aliphatic rings. The van der Waals surface area contributed by atoms with Crippen LogP contribution >= 0.6 is 15.9 Å². The van der Waals surface area contributed by atoms with E-state index in [1.165, 1.54) is 32.1 Å². The zero-order chi connectivity index (χ0) is 14.7. The highest BCUT2D eigenvalue weighted by molar-refractivity contribution is 9.10. The molecule has 2 aromatic rings. The molecule has 0 aliphatic heterocycles. The maximum absolute atomic E-state index is 4.69. The molecule has 0 unspecified atom stereocenters. The lowest BCUT2D eigenvalue weighted by Gasteiger charge is -2.23. The molecule has 0 atom stereocenters. The van der Waals surface area contributed by atoms with Crippen molar-refractivity contribution < 1.29 is 0 Å². The van der Waals surface area contributed by atoms with Gasteiger partial charge in [-0.2, -0.15) is 0 Å². The molecule has 0 radical (unpaired) electrons. The fourth-order valence-corrected chi connectivity index (χ4v) is 3.09. The van der Waals surface area contributed by atoms with Crippen LogP contribution in [0.5, 0.6) is 0 Å². The van der Waals surface area contributed by atoms with Gasteiger partial charge in [-0.15, -0.1) is 0 Å². The van der Waals surface area contributed by atoms with E-state index < -0.39 is 0 Å². The topological polar surface area (TPSA) is 37.8 Å². The smallest absolute Gasteiger partial charge is 0.161 e. The lowest BCUT2D eigenvalue weighted by molar-refractivity contribution is 0.462. The van der Waals surface area contributed by atoms with Gasteiger partial charge in [0.05, 0.1) is 0 Å². The van der Waals surface area contributed by atoms with E-state index in [2.05, 4.69) is 26.2 Å². The maximum Gasteiger partial charge on any atom is 0.161 e. The third-order valence-electron chi connectivity index (χ3n) is 3.91. The van der Waals surface area contributed by atoms with E-state index in [1.54, 1.807) is 0 Å². The number of halogens is 1. The second kappa shape index (κ2) is 6.56. The third kappa shape index (κ3) is 3.82. The van der Waals surface area contributed by atoms with Crippen molar-refractivity contribution in [1.29, 1.82) is 0 Å². The third-order valence-corrected chi connectivity index (χ3v) is 4.44. The normalized spacial score (nSPS) is 15.9. The fourth-order valence-electron chi connectivity index (χ4n) is 2.83. The van der Waals surface area contributed by atoms with E-state index in [-0.39, 0.29) is 0 Å². The predicted molar refractivity (Wildman–Crippen MR) is 90.4 cm³/mol. The van der Waals surface area contributed by atoms with Gasteiger partial charge in [0.2, 0.25) is 0 Å². The largest absolute Gasteiger partial charge is 0.367 e. The van der Waals surface area contributed by atoms with E-state index in [0.29, 0.717) is 6.04 Å². The number of anilines is 1. The first-order valence-electron chi connectivity index (χ1n) is 7.59. The summed E-state index contributed by atoms with van der Waals surface area (Å²) < 4.78 is 1.07. The first kappa shape index (κ1) is 14.5. The number of rotatable bonds is 3. The van der Waals surface area contributed by atoms with Gasteiger partial charge in [-0.3, -0.25) is 0 Å². The van der Waals surface area contributed by atoms with Crippen molar-refractivity contribution in [3.63, 3.8) is 0 Å². The molecular formula is C17H20BrN3. The summed E-state index contributed by atoms with van der Waals surface area (Å²) in [6.07, 6.45) is 6.50. The van der Waals surface area contributed by atoms with Crippen molar-refractivity contribution >= 4 is 21.7 Å². The summed E-state index contributed by atoms with van der Waals surface area (Å²) in [7, 11) is 0. The summed E-state index contributed by atoms with van der Waals surface area (Å²) in [4.78, 5) is 9.25. The van der Waals surface area contributed by atoms with Gasteiger partial charge >= 0.3 is 0 Å². The van der Waals surface area contributed by atoms with Crippen LogP contribution in [0.4, 0.5) is 5.82 Å². The molecule has 3 rings (SSSR count). The highest BCUT2D eigenvalue weighted by Crippen LogP contribution is 2.23. The van der Waals surface area contributed by atoms with E-state index >= 15 is 0 Å². The lowest BCUT2D eigenvalue weighted by atomic mass is 9.95. The van der Waals surface area contributed by atoms with Crippen LogP contribution in [0.3, 0.4) is 0 Å². The molecule has 1 aromatic heterocycles. The average Bonchev–Trinajstić information content (AvgIpc) is 2.48. The molecule has 4 heteroatoms. The van der Waals surface area contributed by atoms with Gasteiger partial charge in [0, 0.05) is 27.8 Å². The van der Waals surface area contributed by atoms with Gasteiger partial charge in [0.25, 0.3) is 0 Å². The van der Waals surface area contributed by atoms with Gasteiger partial charge in [0.1, 0.15) is 5.82 Å². The van der Waals surface area contributed by atoms with Gasteiger partial charge in [-0.05, 0) is 31.9 Å². The quantitative estimate of drug-likeness (QED) is 0.854. The molecule has 110 valence electrons. The number of nitrogens with zero attached hydrogens (tertiary/aromatic N) is 2. The fraction of sp³-hybridized carbons (Fsp3) is 0.412. The van der Waals surface area contributed by atoms with Crippen molar-refractivity contribution in [3.8, 4) is 11.4 Å². The second-order valence-electron chi connectivity index (χ2n) is 5.70. The Labute approximate surface area is 134 Å². The molecule has 1 fully saturated rings. The van der Waals surface area contributed by atoms with Crippen LogP contribution in [0.25, 0.3) is 11.4 Å². The molecule has 0 bridgehead atoms. The van der Waals surface area contributed by atoms with E-state index in [4.69, 9.17) is 4.98 Å². The van der Waals surface area contributed by atoms with Crippen LogP contribution in [-0.4, -0.2) is 16.0 Å². The minimum atomic E-state index is 0.561. The molecule has 0 amide bonds. The van der Waals surface area contributed by atoms with Crippen LogP contribution in [0.1, 0.15) is 37.8 Å². The molecule has 1 aliphatic carbocycles. The monoisotopic (exact) mass is 345 g/mol. The zero-order valence-corrected chi connectivity index (χ0v) is 13.9. The molecule has 1 heterocycles. The van der Waals surface area contributed by atoms with Crippen LogP contribution in [0.15, 0.2) is 34.8 Å². The number of aryl methyl sites for hydroxylation is 1. The Hall–Kier alpha value is -1.42. The van der Waals surface area contributed by atoms with E-state index in [1.807, 2.05) is 37.3 Å². The number of hydrogen-bond acceptors (Lipinski definition) is 3. The minimum Gasteiger partial charge on any atom is -0.367 e. The highest BCUT2D eigenvalue weighted by atomic mass is 79.9. The number of hydrogen-bond donors (Lipinski definition) is 1. The molecule has 1 saturated carbocycles. The van der Waals surface area contributed by atoms with Crippen LogP contribution in [-0.2, 0) is 0 Å². The number of aromatic nitrogens is 2. The zero-order valence-electron chi connectivity index (χ0n) is 12.3. The van der Waals surface area contributed by atoms with Crippen molar-refractivity contribution in [2.24, 2.45) is 0 Å². The number of nitrogens with one attached hydrogen (secondary N) is 1. The molecule has 21 heavy (non-hydrogen) atoms. The molecule has 0 spiro atoms. The van der Waals surface area contributed by atoms with E-state index in [9.17, 15) is 0 Å². The van der Waals surface area contributed by atoms with E-state index in [0.717, 1.165) is 27.4 Å². The molecule has 0 saturated heterocycles. The Morgan fingerprint density at radius 1 is 1.05 bits per heavy atom. The maximum atomic E-state index is 4.69. The van der Waals surface area contributed by atoms with Crippen LogP contribution in [0.2, 0.25) is 0 Å². The standard InChI is InChI=1S/C17H20BrN3/c1-12-11-16(20-15-5-3-2-4-6-15)21-17(19-12)13-7-9-14(18)10-8-13/h7-11,15H,2-6H2,1H3,(H,19,20,21). The van der Waals surface area contributed by atoms with Crippen molar-refractivity contribution in [3.05, 3.63) is 40.5 Å². The average molecular weight is 346 g/mol. The van der Waals surface area contributed by atoms with Gasteiger partial charge < -0.3 is 5.32 Å². The highest BCUT2D eigenvalue weighted by Gasteiger charge is 2.14. The van der Waals surface area contributed by atoms with Crippen LogP contribution < -0.4 is 5.32 Å². The SMILES string of the molecule is Cc1cc(NC2CCCCC2)nc(-c2ccc(Br)cc2)n1. The minimum absolute atomic E-state index is 0.561. The van der Waals surface area contributed by atoms with Crippen molar-refractivity contribution in [2.75, 3.05) is 5.32 Å². The second-order valence-corrected chi connectivity index (χ2v) is 6.62. The summed E-state index contributed by atoms with van der Waals surface area (Å²) in [5, 5.41) is 3.58. The molecule has 1 N–H and O–H groups in total. The first-order chi connectivity index (χ1) is 10.2. The Kier molecular flexibility index (Phi) is 4.54.